The molecule has 0 aliphatic carbocycles. The number of amides is 1. The molecule has 0 spiro atoms. The summed E-state index contributed by atoms with van der Waals surface area (Å²) in [5, 5.41) is 13.2. The Kier molecular flexibility index (Phi) is 6.28. The number of benzene rings is 1. The van der Waals surface area contributed by atoms with E-state index in [2.05, 4.69) is 10.1 Å². The molecule has 0 bridgehead atoms. The highest BCUT2D eigenvalue weighted by Crippen LogP contribution is 2.24. The Morgan fingerprint density at radius 3 is 2.71 bits per heavy atom. The molecule has 8 heteroatoms. The lowest BCUT2D eigenvalue weighted by Crippen LogP contribution is -2.44. The minimum absolute atomic E-state index is 0.0294. The van der Waals surface area contributed by atoms with Crippen molar-refractivity contribution in [1.82, 2.24) is 15.0 Å². The summed E-state index contributed by atoms with van der Waals surface area (Å²) in [5.41, 5.74) is 0.835. The summed E-state index contributed by atoms with van der Waals surface area (Å²) in [5.74, 6) is 0.643. The van der Waals surface area contributed by atoms with Crippen molar-refractivity contribution in [1.29, 1.82) is 0 Å². The van der Waals surface area contributed by atoms with E-state index >= 15 is 0 Å². The zero-order chi connectivity index (χ0) is 20.1. The van der Waals surface area contributed by atoms with Crippen LogP contribution in [0.2, 0.25) is 0 Å². The van der Waals surface area contributed by atoms with Gasteiger partial charge in [-0.15, -0.1) is 0 Å². The Balaban J connectivity index is 1.47. The van der Waals surface area contributed by atoms with Crippen LogP contribution >= 0.6 is 0 Å². The van der Waals surface area contributed by atoms with Crippen molar-refractivity contribution in [2.75, 3.05) is 20.2 Å². The van der Waals surface area contributed by atoms with Gasteiger partial charge in [-0.1, -0.05) is 12.1 Å². The number of hydrogen-bond acceptors (Lipinski definition) is 6. The van der Waals surface area contributed by atoms with Gasteiger partial charge < -0.3 is 19.3 Å². The number of nitrogens with zero attached hydrogens (tertiary/aromatic N) is 3. The molecule has 1 fully saturated rings. The van der Waals surface area contributed by atoms with Crippen molar-refractivity contribution in [3.8, 4) is 17.1 Å². The third-order valence-electron chi connectivity index (χ3n) is 5.17. The summed E-state index contributed by atoms with van der Waals surface area (Å²) in [7, 11) is 1.61. The summed E-state index contributed by atoms with van der Waals surface area (Å²) in [6, 6.07) is 7.38. The van der Waals surface area contributed by atoms with Gasteiger partial charge in [0.2, 0.25) is 17.6 Å². The van der Waals surface area contributed by atoms with Crippen molar-refractivity contribution in [2.24, 2.45) is 11.8 Å². The first kappa shape index (κ1) is 19.9. The smallest absolute Gasteiger partial charge is 0.306 e. The van der Waals surface area contributed by atoms with E-state index in [1.165, 1.54) is 0 Å². The van der Waals surface area contributed by atoms with Gasteiger partial charge in [0.25, 0.3) is 0 Å². The maximum atomic E-state index is 12.4. The van der Waals surface area contributed by atoms with Crippen molar-refractivity contribution < 1.29 is 24.0 Å². The molecule has 1 aliphatic heterocycles. The minimum atomic E-state index is -0.774. The van der Waals surface area contributed by atoms with Gasteiger partial charge in [0.05, 0.1) is 13.0 Å². The number of carbonyl (C=O) groups excluding carboxylic acids is 1. The molecule has 150 valence electrons. The maximum absolute atomic E-state index is 12.4. The summed E-state index contributed by atoms with van der Waals surface area (Å²) >= 11 is 0. The Morgan fingerprint density at radius 1 is 1.32 bits per heavy atom. The fourth-order valence-corrected chi connectivity index (χ4v) is 3.50. The van der Waals surface area contributed by atoms with Crippen LogP contribution in [-0.2, 0) is 16.0 Å². The van der Waals surface area contributed by atoms with Crippen molar-refractivity contribution >= 4 is 11.9 Å². The van der Waals surface area contributed by atoms with E-state index in [1.807, 2.05) is 31.2 Å². The lowest BCUT2D eigenvalue weighted by molar-refractivity contribution is -0.148. The van der Waals surface area contributed by atoms with E-state index in [0.717, 1.165) is 11.3 Å². The molecule has 1 N–H and O–H groups in total. The predicted molar refractivity (Wildman–Crippen MR) is 101 cm³/mol. The number of aryl methyl sites for hydroxylation is 1. The van der Waals surface area contributed by atoms with Crippen LogP contribution in [0, 0.1) is 11.8 Å². The second-order valence-corrected chi connectivity index (χ2v) is 7.14. The molecule has 2 heterocycles. The van der Waals surface area contributed by atoms with Gasteiger partial charge in [0.1, 0.15) is 5.75 Å². The van der Waals surface area contributed by atoms with E-state index < -0.39 is 5.97 Å². The van der Waals surface area contributed by atoms with Crippen molar-refractivity contribution in [3.05, 3.63) is 30.2 Å². The number of methoxy groups -OCH3 is 1. The monoisotopic (exact) mass is 387 g/mol. The Bertz CT molecular complexity index is 818. The summed E-state index contributed by atoms with van der Waals surface area (Å²) in [4.78, 5) is 29.7. The zero-order valence-corrected chi connectivity index (χ0v) is 16.1. The number of piperidine rings is 1. The van der Waals surface area contributed by atoms with Crippen LogP contribution in [0.1, 0.15) is 32.1 Å². The fraction of sp³-hybridized carbons (Fsp3) is 0.500. The summed E-state index contributed by atoms with van der Waals surface area (Å²) in [6.07, 6.45) is 2.02. The van der Waals surface area contributed by atoms with Gasteiger partial charge in [0.15, 0.2) is 0 Å². The van der Waals surface area contributed by atoms with Crippen LogP contribution in [-0.4, -0.2) is 52.2 Å². The molecule has 2 unspecified atom stereocenters. The van der Waals surface area contributed by atoms with Crippen LogP contribution in [0.4, 0.5) is 0 Å². The first-order valence-corrected chi connectivity index (χ1v) is 9.45. The number of ether oxygens (including phenoxy) is 1. The topological polar surface area (TPSA) is 106 Å². The molecular formula is C20H25N3O5. The highest BCUT2D eigenvalue weighted by atomic mass is 16.5. The third kappa shape index (κ3) is 4.68. The molecule has 0 radical (unpaired) electrons. The number of aromatic nitrogens is 2. The van der Waals surface area contributed by atoms with Gasteiger partial charge in [-0.25, -0.2) is 0 Å². The standard InChI is InChI=1S/C20H25N3O5/c1-13-12-23(11-10-16(13)20(25)26)18(24)5-3-4-17-21-19(22-28-17)14-6-8-15(27-2)9-7-14/h6-9,13,16H,3-5,10-12H2,1-2H3,(H,25,26). The highest BCUT2D eigenvalue weighted by molar-refractivity contribution is 5.77. The Labute approximate surface area is 163 Å². The van der Waals surface area contributed by atoms with E-state index in [9.17, 15) is 14.7 Å². The lowest BCUT2D eigenvalue weighted by Gasteiger charge is -2.35. The zero-order valence-electron chi connectivity index (χ0n) is 16.1. The molecule has 1 amide bonds. The largest absolute Gasteiger partial charge is 0.497 e. The predicted octanol–water partition coefficient (Wildman–Crippen LogP) is 2.64. The van der Waals surface area contributed by atoms with Crippen molar-refractivity contribution in [3.63, 3.8) is 0 Å². The van der Waals surface area contributed by atoms with Crippen LogP contribution in [0.5, 0.6) is 5.75 Å². The second-order valence-electron chi connectivity index (χ2n) is 7.14. The van der Waals surface area contributed by atoms with E-state index in [0.29, 0.717) is 50.5 Å². The molecule has 28 heavy (non-hydrogen) atoms. The Morgan fingerprint density at radius 2 is 2.07 bits per heavy atom. The highest BCUT2D eigenvalue weighted by Gasteiger charge is 2.32. The maximum Gasteiger partial charge on any atom is 0.306 e. The van der Waals surface area contributed by atoms with E-state index in [-0.39, 0.29) is 17.7 Å². The number of carboxylic acid groups (broad SMARTS) is 1. The van der Waals surface area contributed by atoms with Gasteiger partial charge >= 0.3 is 5.97 Å². The van der Waals surface area contributed by atoms with E-state index in [1.54, 1.807) is 12.0 Å². The summed E-state index contributed by atoms with van der Waals surface area (Å²) in [6.45, 7) is 2.89. The van der Waals surface area contributed by atoms with Crippen LogP contribution in [0.15, 0.2) is 28.8 Å². The van der Waals surface area contributed by atoms with Gasteiger partial charge in [0, 0.05) is 31.5 Å². The van der Waals surface area contributed by atoms with Gasteiger partial charge in [-0.2, -0.15) is 4.98 Å². The number of carbonyl (C=O) groups is 2. The quantitative estimate of drug-likeness (QED) is 0.778. The van der Waals surface area contributed by atoms with Crippen LogP contribution < -0.4 is 4.74 Å². The normalized spacial score (nSPS) is 19.4. The minimum Gasteiger partial charge on any atom is -0.497 e. The third-order valence-corrected chi connectivity index (χ3v) is 5.17. The molecule has 1 saturated heterocycles. The van der Waals surface area contributed by atoms with Crippen molar-refractivity contribution in [2.45, 2.75) is 32.6 Å². The lowest BCUT2D eigenvalue weighted by atomic mass is 9.87. The SMILES string of the molecule is COc1ccc(-c2noc(CCCC(=O)N3CCC(C(=O)O)C(C)C3)n2)cc1. The molecule has 2 atom stereocenters. The first-order valence-electron chi connectivity index (χ1n) is 9.45. The van der Waals surface area contributed by atoms with E-state index in [4.69, 9.17) is 9.26 Å². The average Bonchev–Trinajstić information content (AvgIpc) is 3.16. The molecule has 8 nitrogen and oxygen atoms in total. The van der Waals surface area contributed by atoms with Gasteiger partial charge in [-0.05, 0) is 43.0 Å². The first-order chi connectivity index (χ1) is 13.5. The molecular weight excluding hydrogens is 362 g/mol. The number of carboxylic acids is 1. The average molecular weight is 387 g/mol. The Hall–Kier alpha value is -2.90. The molecule has 1 aromatic carbocycles. The number of aliphatic carboxylic acids is 1. The van der Waals surface area contributed by atoms with Crippen LogP contribution in [0.3, 0.4) is 0 Å². The molecule has 3 rings (SSSR count). The number of rotatable bonds is 7. The van der Waals surface area contributed by atoms with Crippen LogP contribution in [0.25, 0.3) is 11.4 Å². The number of likely N-dealkylation sites (tertiary alicyclic amines) is 1. The molecule has 0 saturated carbocycles. The number of hydrogen-bond donors (Lipinski definition) is 1. The second kappa shape index (κ2) is 8.86. The van der Waals surface area contributed by atoms with Gasteiger partial charge in [-0.3, -0.25) is 9.59 Å². The summed E-state index contributed by atoms with van der Waals surface area (Å²) < 4.78 is 10.4. The molecule has 2 aromatic rings. The molecule has 1 aliphatic rings. The fourth-order valence-electron chi connectivity index (χ4n) is 3.50. The molecule has 1 aromatic heterocycles.